The van der Waals surface area contributed by atoms with E-state index in [2.05, 4.69) is 18.0 Å². The third-order valence-corrected chi connectivity index (χ3v) is 6.66. The summed E-state index contributed by atoms with van der Waals surface area (Å²) in [6, 6.07) is 4.65. The fraction of sp³-hybridized carbons (Fsp3) is 0.611. The van der Waals surface area contributed by atoms with Crippen molar-refractivity contribution in [2.24, 2.45) is 5.92 Å². The number of ketones is 1. The van der Waals surface area contributed by atoms with Crippen LogP contribution in [0.2, 0.25) is 0 Å². The van der Waals surface area contributed by atoms with E-state index < -0.39 is 0 Å². The quantitative estimate of drug-likeness (QED) is 0.852. The maximum atomic E-state index is 12.6. The largest absolute Gasteiger partial charge is 0.481 e. The van der Waals surface area contributed by atoms with Gasteiger partial charge in [0.2, 0.25) is 0 Å². The van der Waals surface area contributed by atoms with Crippen LogP contribution in [-0.4, -0.2) is 41.5 Å². The molecule has 116 valence electrons. The van der Waals surface area contributed by atoms with Gasteiger partial charge >= 0.3 is 0 Å². The number of benzene rings is 1. The van der Waals surface area contributed by atoms with Gasteiger partial charge in [0.25, 0.3) is 0 Å². The van der Waals surface area contributed by atoms with Crippen LogP contribution < -0.4 is 4.74 Å². The van der Waals surface area contributed by atoms with Crippen molar-refractivity contribution >= 4 is 5.78 Å². The Bertz CT molecular complexity index is 685. The first kappa shape index (κ1) is 13.1. The highest BCUT2D eigenvalue weighted by Gasteiger charge is 2.65. The lowest BCUT2D eigenvalue weighted by molar-refractivity contribution is -0.138. The molecule has 0 radical (unpaired) electrons. The summed E-state index contributed by atoms with van der Waals surface area (Å²) in [4.78, 5) is 15.1. The average Bonchev–Trinajstić information content (AvgIpc) is 2.88. The maximum Gasteiger partial charge on any atom is 0.174 e. The number of likely N-dealkylation sites (tertiary alicyclic amines) is 1. The number of nitrogens with zero attached hydrogens (tertiary/aromatic N) is 1. The van der Waals surface area contributed by atoms with Gasteiger partial charge in [-0.15, -0.1) is 0 Å². The molecular weight excluding hydrogens is 278 g/mol. The van der Waals surface area contributed by atoms with Crippen molar-refractivity contribution in [3.8, 4) is 5.75 Å². The molecular formula is C18H21NO3. The van der Waals surface area contributed by atoms with E-state index in [-0.39, 0.29) is 23.9 Å². The molecule has 2 fully saturated rings. The van der Waals surface area contributed by atoms with Crippen LogP contribution in [0.5, 0.6) is 5.75 Å². The molecule has 2 heterocycles. The standard InChI is InChI=1S/C18H21NO3/c1-19-7-6-18-12-4-5-14(21)17(18)22-16-11(9-20)3-2-10(15(16)18)8-13(12)19/h2-3,12-13,17,20H,4-9H2,1H3/t12?,13-,17+,18+/m1/s1. The van der Waals surface area contributed by atoms with Crippen LogP contribution in [0.3, 0.4) is 0 Å². The summed E-state index contributed by atoms with van der Waals surface area (Å²) in [6.07, 6.45) is 3.34. The summed E-state index contributed by atoms with van der Waals surface area (Å²) >= 11 is 0. The fourth-order valence-electron chi connectivity index (χ4n) is 5.71. The summed E-state index contributed by atoms with van der Waals surface area (Å²) < 4.78 is 6.22. The Balaban J connectivity index is 1.81. The van der Waals surface area contributed by atoms with Gasteiger partial charge < -0.3 is 14.7 Å². The number of hydrogen-bond donors (Lipinski definition) is 1. The zero-order chi connectivity index (χ0) is 15.1. The normalized spacial score (nSPS) is 38.6. The van der Waals surface area contributed by atoms with Crippen molar-refractivity contribution in [3.05, 3.63) is 28.8 Å². The highest BCUT2D eigenvalue weighted by Crippen LogP contribution is 2.61. The maximum absolute atomic E-state index is 12.6. The second kappa shape index (κ2) is 4.12. The first-order valence-electron chi connectivity index (χ1n) is 8.32. The molecule has 1 saturated carbocycles. The lowest BCUT2D eigenvalue weighted by atomic mass is 9.51. The van der Waals surface area contributed by atoms with Crippen LogP contribution >= 0.6 is 0 Å². The Morgan fingerprint density at radius 1 is 1.45 bits per heavy atom. The van der Waals surface area contributed by atoms with Crippen LogP contribution in [0, 0.1) is 5.92 Å². The second-order valence-corrected chi connectivity index (χ2v) is 7.40. The number of hydrogen-bond acceptors (Lipinski definition) is 4. The molecule has 1 saturated heterocycles. The molecule has 1 aromatic carbocycles. The van der Waals surface area contributed by atoms with Crippen molar-refractivity contribution in [2.45, 2.75) is 49.9 Å². The molecule has 5 rings (SSSR count). The molecule has 0 aromatic heterocycles. The molecule has 1 spiro atoms. The van der Waals surface area contributed by atoms with Gasteiger partial charge in [-0.1, -0.05) is 12.1 Å². The van der Waals surface area contributed by atoms with Crippen LogP contribution in [-0.2, 0) is 23.2 Å². The molecule has 22 heavy (non-hydrogen) atoms. The molecule has 4 nitrogen and oxygen atoms in total. The molecule has 1 unspecified atom stereocenters. The smallest absolute Gasteiger partial charge is 0.174 e. The van der Waals surface area contributed by atoms with Crippen molar-refractivity contribution < 1.29 is 14.6 Å². The van der Waals surface area contributed by atoms with Gasteiger partial charge in [-0.2, -0.15) is 0 Å². The van der Waals surface area contributed by atoms with Crippen LogP contribution in [0.4, 0.5) is 0 Å². The first-order valence-corrected chi connectivity index (χ1v) is 8.32. The van der Waals surface area contributed by atoms with Crippen LogP contribution in [0.1, 0.15) is 36.0 Å². The van der Waals surface area contributed by atoms with Gasteiger partial charge in [-0.3, -0.25) is 4.79 Å². The van der Waals surface area contributed by atoms with Gasteiger partial charge in [0.15, 0.2) is 11.9 Å². The van der Waals surface area contributed by atoms with Crippen molar-refractivity contribution in [3.63, 3.8) is 0 Å². The SMILES string of the molecule is CN1CC[C@]23c4c5ccc(CO)c4O[C@H]2C(=O)CCC3[C@H]1C5. The predicted octanol–water partition coefficient (Wildman–Crippen LogP) is 1.42. The summed E-state index contributed by atoms with van der Waals surface area (Å²) in [5.41, 5.74) is 3.32. The topological polar surface area (TPSA) is 49.8 Å². The molecule has 2 aliphatic carbocycles. The van der Waals surface area contributed by atoms with Crippen LogP contribution in [0.15, 0.2) is 12.1 Å². The molecule has 4 atom stereocenters. The van der Waals surface area contributed by atoms with E-state index in [9.17, 15) is 9.90 Å². The summed E-state index contributed by atoms with van der Waals surface area (Å²) in [5, 5.41) is 9.67. The van der Waals surface area contributed by atoms with E-state index in [1.54, 1.807) is 0 Å². The minimum absolute atomic E-state index is 0.0202. The zero-order valence-electron chi connectivity index (χ0n) is 12.8. The minimum Gasteiger partial charge on any atom is -0.481 e. The van der Waals surface area contributed by atoms with Gasteiger partial charge in [0.05, 0.1) is 6.61 Å². The Morgan fingerprint density at radius 3 is 3.14 bits per heavy atom. The van der Waals surface area contributed by atoms with Gasteiger partial charge in [-0.25, -0.2) is 0 Å². The van der Waals surface area contributed by atoms with E-state index in [0.717, 1.165) is 37.1 Å². The fourth-order valence-corrected chi connectivity index (χ4v) is 5.71. The van der Waals surface area contributed by atoms with Gasteiger partial charge in [0, 0.05) is 29.0 Å². The highest BCUT2D eigenvalue weighted by atomic mass is 16.5. The number of ether oxygens (including phenoxy) is 1. The van der Waals surface area contributed by atoms with Gasteiger partial charge in [0.1, 0.15) is 5.75 Å². The van der Waals surface area contributed by atoms with E-state index in [4.69, 9.17) is 4.74 Å². The Hall–Kier alpha value is -1.39. The lowest BCUT2D eigenvalue weighted by Gasteiger charge is -2.57. The van der Waals surface area contributed by atoms with Crippen molar-refractivity contribution in [1.82, 2.24) is 4.90 Å². The number of rotatable bonds is 1. The van der Waals surface area contributed by atoms with Crippen molar-refractivity contribution in [2.75, 3.05) is 13.6 Å². The number of likely N-dealkylation sites (N-methyl/N-ethyl adjacent to an activating group) is 1. The number of carbonyl (C=O) groups excluding carboxylic acids is 1. The summed E-state index contributed by atoms with van der Waals surface area (Å²) in [7, 11) is 2.22. The minimum atomic E-state index is -0.316. The van der Waals surface area contributed by atoms with E-state index in [1.165, 1.54) is 11.1 Å². The summed E-state index contributed by atoms with van der Waals surface area (Å²) in [6.45, 7) is 1.00. The Labute approximate surface area is 130 Å². The van der Waals surface area contributed by atoms with E-state index in [0.29, 0.717) is 18.4 Å². The highest BCUT2D eigenvalue weighted by molar-refractivity contribution is 5.89. The van der Waals surface area contributed by atoms with E-state index in [1.807, 2.05) is 6.07 Å². The van der Waals surface area contributed by atoms with Crippen molar-refractivity contribution in [1.29, 1.82) is 0 Å². The number of carbonyl (C=O) groups is 1. The van der Waals surface area contributed by atoms with Gasteiger partial charge in [-0.05, 0) is 44.3 Å². The summed E-state index contributed by atoms with van der Waals surface area (Å²) in [5.74, 6) is 1.59. The number of Topliss-reactive ketones (excluding diaryl/α,β-unsaturated/α-hetero) is 1. The Kier molecular flexibility index (Phi) is 2.45. The molecule has 4 heteroatoms. The first-order chi connectivity index (χ1) is 10.7. The van der Waals surface area contributed by atoms with E-state index >= 15 is 0 Å². The molecule has 1 aromatic rings. The zero-order valence-corrected chi connectivity index (χ0v) is 12.8. The number of aliphatic hydroxyl groups is 1. The lowest BCUT2D eigenvalue weighted by Crippen LogP contribution is -2.65. The van der Waals surface area contributed by atoms with Crippen LogP contribution in [0.25, 0.3) is 0 Å². The molecule has 2 aliphatic heterocycles. The molecule has 2 bridgehead atoms. The molecule has 0 amide bonds. The number of aliphatic hydroxyl groups excluding tert-OH is 1. The Morgan fingerprint density at radius 2 is 2.32 bits per heavy atom. The predicted molar refractivity (Wildman–Crippen MR) is 80.9 cm³/mol. The molecule has 1 N–H and O–H groups in total. The number of piperidine rings is 1. The second-order valence-electron chi connectivity index (χ2n) is 7.40. The average molecular weight is 299 g/mol. The third-order valence-electron chi connectivity index (χ3n) is 6.66. The third kappa shape index (κ3) is 1.30. The monoisotopic (exact) mass is 299 g/mol. The molecule has 4 aliphatic rings.